The molecule has 2 amide bonds. The Balaban J connectivity index is 0.00000301. The largest absolute Gasteiger partial charge is 0.386 e. The zero-order valence-corrected chi connectivity index (χ0v) is 26.9. The third-order valence-electron chi connectivity index (χ3n) is 7.54. The molecule has 9 heteroatoms. The zero-order valence-electron chi connectivity index (χ0n) is 26.1. The van der Waals surface area contributed by atoms with Crippen LogP contribution in [0.2, 0.25) is 5.02 Å². The van der Waals surface area contributed by atoms with E-state index >= 15 is 0 Å². The van der Waals surface area contributed by atoms with Gasteiger partial charge in [0.25, 0.3) is 11.8 Å². The monoisotopic (exact) mass is 601 g/mol. The Morgan fingerprint density at radius 1 is 1.29 bits per heavy atom. The van der Waals surface area contributed by atoms with Crippen LogP contribution in [0, 0.1) is 23.1 Å². The second-order valence-electron chi connectivity index (χ2n) is 11.3. The van der Waals surface area contributed by atoms with E-state index in [1.54, 1.807) is 6.07 Å². The number of unbranched alkanes of at least 4 members (excludes halogenated alkanes) is 1. The van der Waals surface area contributed by atoms with Crippen LogP contribution in [0.5, 0.6) is 0 Å². The predicted molar refractivity (Wildman–Crippen MR) is 171 cm³/mol. The standard InChI is InChI=1S/C31H43ClFN5O2.C2H6/c1-5-7-11-26(21-9-8-10-22(13-12-21)29(39)36-19-27(34)35)38-30(40)28(23-14-15-25(33)24(32)17-23)37-31(38,16-6-2)18-20(3)4;1-2/h10,12-15,17,20-21,26H,5-9,11,16,18-19H2,1-4H3,(H3,34,35)(H,36,39);1-2H3. The van der Waals surface area contributed by atoms with Crippen molar-refractivity contribution in [2.24, 2.45) is 22.6 Å². The highest BCUT2D eigenvalue weighted by Gasteiger charge is 2.51. The maximum atomic E-state index is 14.4. The first kappa shape index (κ1) is 35.2. The topological polar surface area (TPSA) is 112 Å². The zero-order chi connectivity index (χ0) is 31.4. The quantitative estimate of drug-likeness (QED) is 0.164. The summed E-state index contributed by atoms with van der Waals surface area (Å²) in [5.74, 6) is -0.755. The number of nitrogens with zero attached hydrogens (tertiary/aromatic N) is 2. The van der Waals surface area contributed by atoms with Crippen molar-refractivity contribution < 1.29 is 14.0 Å². The number of nitrogens with two attached hydrogens (primary N) is 1. The van der Waals surface area contributed by atoms with E-state index in [-0.39, 0.29) is 47.1 Å². The van der Waals surface area contributed by atoms with E-state index in [2.05, 4.69) is 39.1 Å². The molecule has 2 aliphatic rings. The van der Waals surface area contributed by atoms with Gasteiger partial charge in [0.05, 0.1) is 11.6 Å². The molecule has 7 nitrogen and oxygen atoms in total. The summed E-state index contributed by atoms with van der Waals surface area (Å²) < 4.78 is 14.0. The van der Waals surface area contributed by atoms with Crippen LogP contribution in [0.3, 0.4) is 0 Å². The molecule has 0 saturated heterocycles. The van der Waals surface area contributed by atoms with Crippen LogP contribution in [0.1, 0.15) is 98.5 Å². The minimum atomic E-state index is -0.718. The molecule has 3 atom stereocenters. The number of aliphatic imine (C=N–C) groups is 1. The first-order chi connectivity index (χ1) is 20.0. The van der Waals surface area contributed by atoms with Crippen molar-refractivity contribution in [1.82, 2.24) is 10.2 Å². The molecule has 1 aliphatic heterocycles. The molecule has 0 fully saturated rings. The number of halogens is 2. The van der Waals surface area contributed by atoms with Crippen LogP contribution in [0.25, 0.3) is 0 Å². The van der Waals surface area contributed by atoms with E-state index in [9.17, 15) is 14.0 Å². The molecular weight excluding hydrogens is 553 g/mol. The second kappa shape index (κ2) is 16.6. The number of hydrogen-bond acceptors (Lipinski definition) is 4. The summed E-state index contributed by atoms with van der Waals surface area (Å²) in [7, 11) is 0. The van der Waals surface area contributed by atoms with Gasteiger partial charge in [-0.25, -0.2) is 4.39 Å². The third-order valence-corrected chi connectivity index (χ3v) is 7.83. The molecule has 1 aliphatic carbocycles. The van der Waals surface area contributed by atoms with E-state index < -0.39 is 11.5 Å². The lowest BCUT2D eigenvalue weighted by atomic mass is 9.84. The van der Waals surface area contributed by atoms with E-state index in [0.29, 0.717) is 36.1 Å². The molecule has 42 heavy (non-hydrogen) atoms. The van der Waals surface area contributed by atoms with Gasteiger partial charge in [0.15, 0.2) is 0 Å². The maximum absolute atomic E-state index is 14.4. The molecule has 3 unspecified atom stereocenters. The number of benzene rings is 1. The SMILES string of the molecule is CC.CCCCC(C1C=CC(C(=O)NCC(=N)N)=CCC1)N1C(=O)C(c2ccc(F)c(Cl)c2)=NC1(CCC)CC(C)C. The molecule has 3 rings (SSSR count). The number of carbonyl (C=O) groups is 2. The summed E-state index contributed by atoms with van der Waals surface area (Å²) in [6.45, 7) is 12.5. The van der Waals surface area contributed by atoms with Crippen LogP contribution in [-0.4, -0.2) is 46.5 Å². The van der Waals surface area contributed by atoms with E-state index in [1.807, 2.05) is 30.9 Å². The average Bonchev–Trinajstić information content (AvgIpc) is 3.09. The van der Waals surface area contributed by atoms with Crippen LogP contribution in [-0.2, 0) is 9.59 Å². The van der Waals surface area contributed by atoms with Gasteiger partial charge in [0.2, 0.25) is 0 Å². The Bertz CT molecular complexity index is 1190. The fourth-order valence-corrected chi connectivity index (χ4v) is 6.10. The fourth-order valence-electron chi connectivity index (χ4n) is 5.92. The molecule has 0 spiro atoms. The highest BCUT2D eigenvalue weighted by atomic mass is 35.5. The Labute approximate surface area is 256 Å². The van der Waals surface area contributed by atoms with Gasteiger partial charge in [-0.05, 0) is 62.1 Å². The number of carbonyl (C=O) groups excluding carboxylic acids is 2. The number of rotatable bonds is 13. The van der Waals surface area contributed by atoms with Crippen molar-refractivity contribution in [3.05, 3.63) is 58.4 Å². The minimum Gasteiger partial charge on any atom is -0.386 e. The molecule has 0 aromatic heterocycles. The lowest BCUT2D eigenvalue weighted by Gasteiger charge is -2.45. The lowest BCUT2D eigenvalue weighted by molar-refractivity contribution is -0.133. The fraction of sp³-hybridized carbons (Fsp3) is 0.576. The normalized spacial score (nSPS) is 20.8. The molecule has 1 aromatic carbocycles. The van der Waals surface area contributed by atoms with Crippen molar-refractivity contribution in [2.45, 2.75) is 105 Å². The molecule has 0 saturated carbocycles. The molecule has 232 valence electrons. The number of amides is 2. The molecule has 4 N–H and O–H groups in total. The Morgan fingerprint density at radius 2 is 2.00 bits per heavy atom. The number of allylic oxidation sites excluding steroid dienone is 1. The maximum Gasteiger partial charge on any atom is 0.274 e. The summed E-state index contributed by atoms with van der Waals surface area (Å²) in [6, 6.07) is 4.23. The van der Waals surface area contributed by atoms with Crippen molar-refractivity contribution in [3.8, 4) is 0 Å². The Kier molecular flexibility index (Phi) is 13.9. The lowest BCUT2D eigenvalue weighted by Crippen LogP contribution is -2.55. The first-order valence-corrected chi connectivity index (χ1v) is 15.8. The Morgan fingerprint density at radius 3 is 2.60 bits per heavy atom. The van der Waals surface area contributed by atoms with E-state index in [4.69, 9.17) is 27.7 Å². The van der Waals surface area contributed by atoms with Gasteiger partial charge in [-0.3, -0.25) is 20.0 Å². The van der Waals surface area contributed by atoms with Gasteiger partial charge in [-0.15, -0.1) is 0 Å². The summed E-state index contributed by atoms with van der Waals surface area (Å²) in [5, 5.41) is 10.0. The smallest absolute Gasteiger partial charge is 0.274 e. The van der Waals surface area contributed by atoms with Crippen molar-refractivity contribution >= 4 is 35.0 Å². The Hall–Kier alpha value is -3.00. The van der Waals surface area contributed by atoms with Crippen LogP contribution >= 0.6 is 11.6 Å². The van der Waals surface area contributed by atoms with Crippen molar-refractivity contribution in [2.75, 3.05) is 6.54 Å². The first-order valence-electron chi connectivity index (χ1n) is 15.4. The van der Waals surface area contributed by atoms with Gasteiger partial charge in [0, 0.05) is 17.2 Å². The van der Waals surface area contributed by atoms with Crippen LogP contribution in [0.15, 0.2) is 47.0 Å². The van der Waals surface area contributed by atoms with Crippen LogP contribution < -0.4 is 11.1 Å². The molecular formula is C33H49ClFN5O2. The summed E-state index contributed by atoms with van der Waals surface area (Å²) in [4.78, 5) is 34.2. The average molecular weight is 602 g/mol. The minimum absolute atomic E-state index is 0.00287. The third kappa shape index (κ3) is 8.76. The van der Waals surface area contributed by atoms with Crippen molar-refractivity contribution in [1.29, 1.82) is 5.41 Å². The summed E-state index contributed by atoms with van der Waals surface area (Å²) >= 11 is 6.12. The molecule has 0 bridgehead atoms. The molecule has 1 aromatic rings. The summed E-state index contributed by atoms with van der Waals surface area (Å²) in [6.07, 6.45) is 12.3. The predicted octanol–water partition coefficient (Wildman–Crippen LogP) is 7.18. The van der Waals surface area contributed by atoms with Gasteiger partial charge in [0.1, 0.15) is 23.0 Å². The van der Waals surface area contributed by atoms with Crippen LogP contribution in [0.4, 0.5) is 4.39 Å². The van der Waals surface area contributed by atoms with E-state index in [0.717, 1.165) is 32.1 Å². The number of amidine groups is 1. The van der Waals surface area contributed by atoms with Crippen molar-refractivity contribution in [3.63, 3.8) is 0 Å². The van der Waals surface area contributed by atoms with Gasteiger partial charge in [-0.1, -0.05) is 90.6 Å². The summed E-state index contributed by atoms with van der Waals surface area (Å²) in [5.41, 5.74) is 6.08. The van der Waals surface area contributed by atoms with Gasteiger partial charge in [-0.2, -0.15) is 0 Å². The van der Waals surface area contributed by atoms with Gasteiger partial charge < -0.3 is 16.0 Å². The highest BCUT2D eigenvalue weighted by Crippen LogP contribution is 2.42. The van der Waals surface area contributed by atoms with Gasteiger partial charge >= 0.3 is 0 Å². The molecule has 1 heterocycles. The number of hydrogen-bond donors (Lipinski definition) is 3. The number of nitrogens with one attached hydrogen (secondary N) is 2. The highest BCUT2D eigenvalue weighted by molar-refractivity contribution is 6.47. The molecule has 0 radical (unpaired) electrons. The van der Waals surface area contributed by atoms with E-state index in [1.165, 1.54) is 12.1 Å². The second-order valence-corrected chi connectivity index (χ2v) is 11.7.